The molecule has 2 aromatic rings. The van der Waals surface area contributed by atoms with Crippen LogP contribution in [0.2, 0.25) is 0 Å². The summed E-state index contributed by atoms with van der Waals surface area (Å²) in [6.07, 6.45) is 2.64. The molecule has 0 radical (unpaired) electrons. The van der Waals surface area contributed by atoms with Gasteiger partial charge >= 0.3 is 6.55 Å². The second kappa shape index (κ2) is 6.98. The van der Waals surface area contributed by atoms with E-state index in [2.05, 4.69) is 4.98 Å². The van der Waals surface area contributed by atoms with Gasteiger partial charge in [-0.2, -0.15) is 8.78 Å². The number of rotatable bonds is 7. The number of nitrogens with zero attached hydrogens (tertiary/aromatic N) is 3. The summed E-state index contributed by atoms with van der Waals surface area (Å²) in [5, 5.41) is 10.1. The monoisotopic (exact) mass is 309 g/mol. The lowest BCUT2D eigenvalue weighted by atomic mass is 10.1. The van der Waals surface area contributed by atoms with Crippen LogP contribution in [0.25, 0.3) is 0 Å². The number of aliphatic hydroxyl groups is 1. The topological polar surface area (TPSA) is 41.3 Å². The van der Waals surface area contributed by atoms with Gasteiger partial charge in [-0.05, 0) is 19.4 Å². The summed E-state index contributed by atoms with van der Waals surface area (Å²) in [4.78, 5) is 5.92. The van der Waals surface area contributed by atoms with Crippen LogP contribution < -0.4 is 0 Å². The molecule has 1 aromatic carbocycles. The van der Waals surface area contributed by atoms with Crippen LogP contribution in [-0.4, -0.2) is 31.7 Å². The highest BCUT2D eigenvalue weighted by Gasteiger charge is 2.21. The first-order chi connectivity index (χ1) is 10.3. The third-order valence-corrected chi connectivity index (χ3v) is 3.18. The number of alkyl halides is 2. The van der Waals surface area contributed by atoms with Crippen molar-refractivity contribution in [3.8, 4) is 0 Å². The maximum Gasteiger partial charge on any atom is 0.319 e. The second-order valence-electron chi connectivity index (χ2n) is 5.97. The molecular weight excluding hydrogens is 288 g/mol. The van der Waals surface area contributed by atoms with E-state index >= 15 is 0 Å². The average Bonchev–Trinajstić information content (AvgIpc) is 2.86. The molecule has 0 aliphatic carbocycles. The number of imidazole rings is 1. The first-order valence-corrected chi connectivity index (χ1v) is 7.14. The van der Waals surface area contributed by atoms with Crippen molar-refractivity contribution in [1.82, 2.24) is 14.5 Å². The summed E-state index contributed by atoms with van der Waals surface area (Å²) >= 11 is 0. The Kier molecular flexibility index (Phi) is 5.26. The quantitative estimate of drug-likeness (QED) is 0.854. The third-order valence-electron chi connectivity index (χ3n) is 3.18. The molecule has 0 bridgehead atoms. The molecule has 120 valence electrons. The normalized spacial score (nSPS) is 12.3. The van der Waals surface area contributed by atoms with Crippen molar-refractivity contribution in [3.05, 3.63) is 54.1 Å². The van der Waals surface area contributed by atoms with Crippen LogP contribution in [0.3, 0.4) is 0 Å². The molecule has 2 rings (SSSR count). The van der Waals surface area contributed by atoms with Crippen LogP contribution in [0.4, 0.5) is 8.78 Å². The van der Waals surface area contributed by atoms with Gasteiger partial charge in [0, 0.05) is 25.5 Å². The van der Waals surface area contributed by atoms with Crippen LogP contribution >= 0.6 is 0 Å². The van der Waals surface area contributed by atoms with E-state index in [9.17, 15) is 13.9 Å². The largest absolute Gasteiger partial charge is 0.389 e. The first-order valence-electron chi connectivity index (χ1n) is 7.14. The fraction of sp³-hybridized carbons (Fsp3) is 0.438. The minimum absolute atomic E-state index is 0.246. The van der Waals surface area contributed by atoms with E-state index in [1.807, 2.05) is 35.2 Å². The summed E-state index contributed by atoms with van der Waals surface area (Å²) in [6.45, 7) is 1.95. The lowest BCUT2D eigenvalue weighted by Crippen LogP contribution is -2.38. The van der Waals surface area contributed by atoms with Gasteiger partial charge in [-0.1, -0.05) is 30.3 Å². The first kappa shape index (κ1) is 16.6. The van der Waals surface area contributed by atoms with Gasteiger partial charge in [0.15, 0.2) is 0 Å². The molecule has 1 N–H and O–H groups in total. The van der Waals surface area contributed by atoms with Crippen molar-refractivity contribution in [1.29, 1.82) is 0 Å². The number of hydrogen-bond donors (Lipinski definition) is 1. The van der Waals surface area contributed by atoms with Crippen molar-refractivity contribution in [3.63, 3.8) is 0 Å². The molecule has 0 aliphatic heterocycles. The van der Waals surface area contributed by atoms with Crippen molar-refractivity contribution in [2.24, 2.45) is 0 Å². The fourth-order valence-electron chi connectivity index (χ4n) is 2.40. The van der Waals surface area contributed by atoms with Gasteiger partial charge in [0.2, 0.25) is 0 Å². The summed E-state index contributed by atoms with van der Waals surface area (Å²) in [7, 11) is 0. The minimum Gasteiger partial charge on any atom is -0.389 e. The summed E-state index contributed by atoms with van der Waals surface area (Å²) in [5.74, 6) is 0.287. The Morgan fingerprint density at radius 1 is 1.23 bits per heavy atom. The van der Waals surface area contributed by atoms with Gasteiger partial charge in [-0.15, -0.1) is 0 Å². The van der Waals surface area contributed by atoms with Gasteiger partial charge in [0.05, 0.1) is 12.1 Å². The molecule has 4 nitrogen and oxygen atoms in total. The molecular formula is C16H21F2N3O. The Balaban J connectivity index is 2.15. The van der Waals surface area contributed by atoms with Gasteiger partial charge in [0.1, 0.15) is 5.82 Å². The molecule has 0 saturated carbocycles. The highest BCUT2D eigenvalue weighted by Crippen LogP contribution is 2.17. The van der Waals surface area contributed by atoms with Crippen LogP contribution in [0, 0.1) is 0 Å². The van der Waals surface area contributed by atoms with Crippen LogP contribution in [-0.2, 0) is 13.1 Å². The zero-order valence-corrected chi connectivity index (χ0v) is 12.8. The van der Waals surface area contributed by atoms with Gasteiger partial charge in [-0.3, -0.25) is 9.47 Å². The molecule has 0 saturated heterocycles. The number of hydrogen-bond acceptors (Lipinski definition) is 3. The lowest BCUT2D eigenvalue weighted by molar-refractivity contribution is 0.0256. The van der Waals surface area contributed by atoms with Crippen LogP contribution in [0.5, 0.6) is 0 Å². The van der Waals surface area contributed by atoms with Gasteiger partial charge < -0.3 is 5.11 Å². The number of halogens is 2. The molecule has 0 atom stereocenters. The molecule has 6 heteroatoms. The molecule has 1 heterocycles. The van der Waals surface area contributed by atoms with Crippen LogP contribution in [0.15, 0.2) is 42.7 Å². The smallest absolute Gasteiger partial charge is 0.319 e. The predicted molar refractivity (Wildman–Crippen MR) is 80.3 cm³/mol. The maximum atomic E-state index is 12.9. The zero-order chi connectivity index (χ0) is 16.2. The van der Waals surface area contributed by atoms with Crippen molar-refractivity contribution < 1.29 is 13.9 Å². The van der Waals surface area contributed by atoms with E-state index in [0.717, 1.165) is 10.1 Å². The second-order valence-corrected chi connectivity index (χ2v) is 5.97. The van der Waals surface area contributed by atoms with Gasteiger partial charge in [-0.25, -0.2) is 4.98 Å². The van der Waals surface area contributed by atoms with Gasteiger partial charge in [0.25, 0.3) is 0 Å². The predicted octanol–water partition coefficient (Wildman–Crippen LogP) is 3.05. The molecule has 1 aromatic heterocycles. The van der Waals surface area contributed by atoms with E-state index in [0.29, 0.717) is 13.1 Å². The number of benzene rings is 1. The lowest BCUT2D eigenvalue weighted by Gasteiger charge is -2.29. The Labute approximate surface area is 129 Å². The Morgan fingerprint density at radius 3 is 2.50 bits per heavy atom. The summed E-state index contributed by atoms with van der Waals surface area (Å²) in [6, 6.07) is 9.72. The Morgan fingerprint density at radius 2 is 1.91 bits per heavy atom. The van der Waals surface area contributed by atoms with Crippen molar-refractivity contribution >= 4 is 0 Å². The SMILES string of the molecule is CC(C)(O)CN(Cc1ccccc1)Cc1nccn1C(F)F. The van der Waals surface area contributed by atoms with E-state index in [-0.39, 0.29) is 12.4 Å². The summed E-state index contributed by atoms with van der Waals surface area (Å²) in [5.41, 5.74) is 0.138. The van der Waals surface area contributed by atoms with E-state index < -0.39 is 12.2 Å². The summed E-state index contributed by atoms with van der Waals surface area (Å²) < 4.78 is 26.7. The molecule has 22 heavy (non-hydrogen) atoms. The molecule has 0 unspecified atom stereocenters. The molecule has 0 spiro atoms. The number of aromatic nitrogens is 2. The van der Waals surface area contributed by atoms with E-state index in [1.165, 1.54) is 12.4 Å². The van der Waals surface area contributed by atoms with E-state index in [1.54, 1.807) is 13.8 Å². The fourth-order valence-corrected chi connectivity index (χ4v) is 2.40. The zero-order valence-electron chi connectivity index (χ0n) is 12.8. The van der Waals surface area contributed by atoms with E-state index in [4.69, 9.17) is 0 Å². The molecule has 0 fully saturated rings. The van der Waals surface area contributed by atoms with Crippen molar-refractivity contribution in [2.45, 2.75) is 39.1 Å². The highest BCUT2D eigenvalue weighted by atomic mass is 19.3. The van der Waals surface area contributed by atoms with Crippen molar-refractivity contribution in [2.75, 3.05) is 6.54 Å². The highest BCUT2D eigenvalue weighted by molar-refractivity contribution is 5.14. The standard InChI is InChI=1S/C16H21F2N3O/c1-16(2,22)12-20(10-13-6-4-3-5-7-13)11-14-19-8-9-21(14)15(17)18/h3-9,15,22H,10-12H2,1-2H3. The van der Waals surface area contributed by atoms with Crippen LogP contribution in [0.1, 0.15) is 31.8 Å². The molecule has 0 aliphatic rings. The average molecular weight is 309 g/mol. The molecule has 0 amide bonds. The Hall–Kier alpha value is -1.79. The minimum atomic E-state index is -2.61. The maximum absolute atomic E-state index is 12.9. The third kappa shape index (κ3) is 4.89. The Bertz CT molecular complexity index is 579.